The topological polar surface area (TPSA) is 52.6 Å². The summed E-state index contributed by atoms with van der Waals surface area (Å²) >= 11 is 0. The van der Waals surface area contributed by atoms with Crippen molar-refractivity contribution >= 4 is 20.1 Å². The van der Waals surface area contributed by atoms with Crippen molar-refractivity contribution < 1.29 is 18.8 Å². The normalized spacial score (nSPS) is 23.9. The first-order valence-electron chi connectivity index (χ1n) is 11.2. The van der Waals surface area contributed by atoms with Gasteiger partial charge in [0.1, 0.15) is 11.5 Å². The van der Waals surface area contributed by atoms with Gasteiger partial charge in [0.2, 0.25) is 0 Å². The Balaban J connectivity index is 2.50. The highest BCUT2D eigenvalue weighted by Gasteiger charge is 2.46. The van der Waals surface area contributed by atoms with Gasteiger partial charge in [-0.15, -0.1) is 0 Å². The number of carbonyl (C=O) groups excluding carboxylic acids is 2. The SMILES string of the molecule is C=C[C@@H]1CC(=O)[C@](C)(C/C=C(C)/C=C/CC/C=C(\C)CO[Si](C)(C)C(C)(C)C)C(=O)O1. The van der Waals surface area contributed by atoms with Crippen molar-refractivity contribution in [2.24, 2.45) is 5.41 Å². The second-order valence-corrected chi connectivity index (χ2v) is 15.2. The minimum absolute atomic E-state index is 0.0813. The van der Waals surface area contributed by atoms with Gasteiger partial charge in [-0.2, -0.15) is 0 Å². The van der Waals surface area contributed by atoms with Gasteiger partial charge in [0.05, 0.1) is 6.61 Å². The number of hydrogen-bond donors (Lipinski definition) is 0. The molecular formula is C26H42O4Si. The molecule has 0 saturated carbocycles. The number of allylic oxidation sites excluding steroid dienone is 5. The summed E-state index contributed by atoms with van der Waals surface area (Å²) in [6, 6.07) is 0. The Bertz CT molecular complexity index is 732. The van der Waals surface area contributed by atoms with Crippen molar-refractivity contribution in [3.8, 4) is 0 Å². The Morgan fingerprint density at radius 1 is 1.23 bits per heavy atom. The molecule has 0 radical (unpaired) electrons. The molecule has 4 nitrogen and oxygen atoms in total. The third-order valence-corrected chi connectivity index (χ3v) is 11.0. The van der Waals surface area contributed by atoms with Crippen molar-refractivity contribution in [2.75, 3.05) is 6.61 Å². The van der Waals surface area contributed by atoms with E-state index in [1.165, 1.54) is 11.6 Å². The van der Waals surface area contributed by atoms with E-state index in [1.807, 2.05) is 19.1 Å². The minimum atomic E-state index is -1.71. The summed E-state index contributed by atoms with van der Waals surface area (Å²) in [6.45, 7) is 21.4. The molecule has 0 aromatic rings. The molecule has 31 heavy (non-hydrogen) atoms. The number of carbonyl (C=O) groups is 2. The maximum Gasteiger partial charge on any atom is 0.320 e. The Morgan fingerprint density at radius 3 is 2.42 bits per heavy atom. The van der Waals surface area contributed by atoms with E-state index in [4.69, 9.17) is 9.16 Å². The zero-order valence-corrected chi connectivity index (χ0v) is 21.8. The molecule has 1 saturated heterocycles. The monoisotopic (exact) mass is 446 g/mol. The summed E-state index contributed by atoms with van der Waals surface area (Å²) in [5, 5.41) is 0.225. The van der Waals surface area contributed by atoms with Crippen LogP contribution in [0.15, 0.2) is 48.1 Å². The number of ketones is 1. The van der Waals surface area contributed by atoms with Crippen LogP contribution in [0.2, 0.25) is 18.1 Å². The summed E-state index contributed by atoms with van der Waals surface area (Å²) in [4.78, 5) is 24.7. The number of esters is 1. The maximum absolute atomic E-state index is 12.4. The summed E-state index contributed by atoms with van der Waals surface area (Å²) in [5.74, 6) is -0.538. The smallest absolute Gasteiger partial charge is 0.320 e. The van der Waals surface area contributed by atoms with Gasteiger partial charge < -0.3 is 9.16 Å². The van der Waals surface area contributed by atoms with Gasteiger partial charge in [-0.1, -0.05) is 68.9 Å². The highest BCUT2D eigenvalue weighted by Crippen LogP contribution is 2.37. The Morgan fingerprint density at radius 2 is 1.87 bits per heavy atom. The van der Waals surface area contributed by atoms with Crippen LogP contribution >= 0.6 is 0 Å². The van der Waals surface area contributed by atoms with Crippen LogP contribution in [-0.4, -0.2) is 32.8 Å². The first kappa shape index (κ1) is 27.3. The fourth-order valence-electron chi connectivity index (χ4n) is 2.86. The predicted octanol–water partition coefficient (Wildman–Crippen LogP) is 6.70. The van der Waals surface area contributed by atoms with Gasteiger partial charge in [-0.3, -0.25) is 9.59 Å². The van der Waals surface area contributed by atoms with E-state index in [9.17, 15) is 9.59 Å². The number of ether oxygens (including phenoxy) is 1. The molecule has 174 valence electrons. The second-order valence-electron chi connectivity index (χ2n) is 10.4. The van der Waals surface area contributed by atoms with E-state index in [1.54, 1.807) is 6.92 Å². The maximum atomic E-state index is 12.4. The third-order valence-electron chi connectivity index (χ3n) is 6.48. The number of unbranched alkanes of at least 4 members (excludes halogenated alkanes) is 1. The van der Waals surface area contributed by atoms with Crippen molar-refractivity contribution in [1.29, 1.82) is 0 Å². The van der Waals surface area contributed by atoms with Crippen LogP contribution in [0.25, 0.3) is 0 Å². The molecule has 1 aliphatic rings. The largest absolute Gasteiger partial charge is 0.457 e. The van der Waals surface area contributed by atoms with Crippen molar-refractivity contribution in [2.45, 2.75) is 91.5 Å². The molecule has 2 atom stereocenters. The Kier molecular flexibility index (Phi) is 9.90. The molecule has 0 unspecified atom stereocenters. The van der Waals surface area contributed by atoms with Crippen molar-refractivity contribution in [3.05, 3.63) is 48.1 Å². The highest BCUT2D eigenvalue weighted by molar-refractivity contribution is 6.74. The van der Waals surface area contributed by atoms with Crippen LogP contribution in [0.4, 0.5) is 0 Å². The standard InChI is InChI=1S/C26H42O4Si/c1-10-22-18-23(27)26(7,24(28)30-22)17-16-20(2)14-12-11-13-15-21(3)19-29-31(8,9)25(4,5)6/h10,12,14-16,22H,1,11,13,17-19H2,2-9H3/b14-12+,20-16+,21-15+/t22-,26+/m1/s1. The Labute approximate surface area is 190 Å². The molecule has 0 bridgehead atoms. The fraction of sp³-hybridized carbons (Fsp3) is 0.615. The zero-order chi connectivity index (χ0) is 23.9. The lowest BCUT2D eigenvalue weighted by molar-refractivity contribution is -0.170. The lowest BCUT2D eigenvalue weighted by atomic mass is 9.77. The van der Waals surface area contributed by atoms with Gasteiger partial charge >= 0.3 is 5.97 Å². The first-order valence-corrected chi connectivity index (χ1v) is 14.1. The average molecular weight is 447 g/mol. The Hall–Kier alpha value is -1.72. The van der Waals surface area contributed by atoms with E-state index in [0.29, 0.717) is 13.0 Å². The summed E-state index contributed by atoms with van der Waals surface area (Å²) < 4.78 is 11.6. The molecule has 1 rings (SSSR count). The molecule has 1 fully saturated rings. The lowest BCUT2D eigenvalue weighted by Gasteiger charge is -2.36. The lowest BCUT2D eigenvalue weighted by Crippen LogP contribution is -2.45. The summed E-state index contributed by atoms with van der Waals surface area (Å²) in [5.41, 5.74) is 1.21. The van der Waals surface area contributed by atoms with Gasteiger partial charge in [0.25, 0.3) is 0 Å². The quantitative estimate of drug-likeness (QED) is 0.0935. The van der Waals surface area contributed by atoms with Gasteiger partial charge in [-0.05, 0) is 58.2 Å². The van der Waals surface area contributed by atoms with E-state index in [0.717, 1.165) is 18.4 Å². The van der Waals surface area contributed by atoms with E-state index < -0.39 is 25.8 Å². The number of rotatable bonds is 10. The van der Waals surface area contributed by atoms with Gasteiger partial charge in [0, 0.05) is 6.42 Å². The predicted molar refractivity (Wildman–Crippen MR) is 131 cm³/mol. The summed E-state index contributed by atoms with van der Waals surface area (Å²) in [7, 11) is -1.71. The number of hydrogen-bond acceptors (Lipinski definition) is 4. The number of Topliss-reactive ketones (excluding diaryl/α,β-unsaturated/α-hetero) is 1. The number of cyclic esters (lactones) is 1. The van der Waals surface area contributed by atoms with Crippen LogP contribution in [0.1, 0.15) is 67.2 Å². The van der Waals surface area contributed by atoms with Crippen LogP contribution in [0.3, 0.4) is 0 Å². The van der Waals surface area contributed by atoms with E-state index in [2.05, 4.69) is 59.5 Å². The van der Waals surface area contributed by atoms with E-state index in [-0.39, 0.29) is 17.2 Å². The van der Waals surface area contributed by atoms with Gasteiger partial charge in [-0.25, -0.2) is 0 Å². The molecule has 1 heterocycles. The van der Waals surface area contributed by atoms with Crippen molar-refractivity contribution in [1.82, 2.24) is 0 Å². The molecule has 0 N–H and O–H groups in total. The van der Waals surface area contributed by atoms with Crippen molar-refractivity contribution in [3.63, 3.8) is 0 Å². The van der Waals surface area contributed by atoms with Crippen LogP contribution in [0, 0.1) is 5.41 Å². The minimum Gasteiger partial charge on any atom is -0.457 e. The van der Waals surface area contributed by atoms with Crippen LogP contribution in [0.5, 0.6) is 0 Å². The van der Waals surface area contributed by atoms with Crippen LogP contribution < -0.4 is 0 Å². The van der Waals surface area contributed by atoms with Gasteiger partial charge in [0.15, 0.2) is 14.1 Å². The molecule has 5 heteroatoms. The first-order chi connectivity index (χ1) is 14.2. The molecule has 0 aromatic heterocycles. The molecule has 0 aromatic carbocycles. The molecule has 0 spiro atoms. The molecular weight excluding hydrogens is 404 g/mol. The molecule has 1 aliphatic heterocycles. The molecule has 0 amide bonds. The van der Waals surface area contributed by atoms with Crippen LogP contribution in [-0.2, 0) is 18.8 Å². The summed E-state index contributed by atoms with van der Waals surface area (Å²) in [6.07, 6.45) is 11.8. The average Bonchev–Trinajstić information content (AvgIpc) is 2.67. The highest BCUT2D eigenvalue weighted by atomic mass is 28.4. The second kappa shape index (κ2) is 11.2. The molecule has 0 aliphatic carbocycles. The fourth-order valence-corrected chi connectivity index (χ4v) is 3.88. The third kappa shape index (κ3) is 8.04. The zero-order valence-electron chi connectivity index (χ0n) is 20.8. The van der Waals surface area contributed by atoms with E-state index >= 15 is 0 Å².